The van der Waals surface area contributed by atoms with Crippen LogP contribution in [0.5, 0.6) is 0 Å². The molecule has 0 radical (unpaired) electrons. The maximum atomic E-state index is 13.2. The van der Waals surface area contributed by atoms with E-state index >= 15 is 0 Å². The largest absolute Gasteiger partial charge is 0.305 e. The molecule has 2 heterocycles. The minimum Gasteiger partial charge on any atom is -0.305 e. The predicted octanol–water partition coefficient (Wildman–Crippen LogP) is 4.03. The average molecular weight is 346 g/mol. The standard InChI is InChI=1S/C20H15FN4O/c1-25-11-10-19(24-25)23-20(26)16-12-18(13-6-8-14(21)9-7-13)22-17-5-3-2-4-15(16)17/h2-12H,1H3,(H,23,24,26). The lowest BCUT2D eigenvalue weighted by Crippen LogP contribution is -2.13. The number of amides is 1. The van der Waals surface area contributed by atoms with Crippen LogP contribution in [0, 0.1) is 5.82 Å². The number of pyridine rings is 1. The third kappa shape index (κ3) is 3.04. The Morgan fingerprint density at radius 2 is 1.85 bits per heavy atom. The second kappa shape index (κ2) is 6.40. The lowest BCUT2D eigenvalue weighted by Gasteiger charge is -2.10. The normalized spacial score (nSPS) is 10.8. The van der Waals surface area contributed by atoms with E-state index in [1.165, 1.54) is 12.1 Å². The number of carbonyl (C=O) groups is 1. The fraction of sp³-hybridized carbons (Fsp3) is 0.0500. The SMILES string of the molecule is Cn1ccc(NC(=O)c2cc(-c3ccc(F)cc3)nc3ccccc23)n1. The highest BCUT2D eigenvalue weighted by Gasteiger charge is 2.15. The van der Waals surface area contributed by atoms with Gasteiger partial charge >= 0.3 is 0 Å². The number of nitrogens with one attached hydrogen (secondary N) is 1. The molecule has 2 aromatic carbocycles. The summed E-state index contributed by atoms with van der Waals surface area (Å²) in [6, 6.07) is 16.9. The number of carbonyl (C=O) groups excluding carboxylic acids is 1. The first-order valence-electron chi connectivity index (χ1n) is 8.07. The van der Waals surface area contributed by atoms with Crippen LogP contribution in [0.2, 0.25) is 0 Å². The molecule has 0 atom stereocenters. The highest BCUT2D eigenvalue weighted by Crippen LogP contribution is 2.25. The zero-order valence-corrected chi connectivity index (χ0v) is 14.0. The van der Waals surface area contributed by atoms with Crippen LogP contribution >= 0.6 is 0 Å². The first-order valence-corrected chi connectivity index (χ1v) is 8.07. The molecular weight excluding hydrogens is 331 g/mol. The van der Waals surface area contributed by atoms with Gasteiger partial charge in [0.15, 0.2) is 5.82 Å². The minimum atomic E-state index is -0.317. The minimum absolute atomic E-state index is 0.273. The number of aryl methyl sites for hydroxylation is 1. The Kier molecular flexibility index (Phi) is 3.93. The van der Waals surface area contributed by atoms with E-state index in [-0.39, 0.29) is 11.7 Å². The summed E-state index contributed by atoms with van der Waals surface area (Å²) >= 11 is 0. The van der Waals surface area contributed by atoms with Crippen LogP contribution in [0.15, 0.2) is 66.9 Å². The average Bonchev–Trinajstić information content (AvgIpc) is 3.06. The number of fused-ring (bicyclic) bond motifs is 1. The van der Waals surface area contributed by atoms with Crippen molar-refractivity contribution < 1.29 is 9.18 Å². The van der Waals surface area contributed by atoms with Crippen LogP contribution < -0.4 is 5.32 Å². The van der Waals surface area contributed by atoms with Crippen molar-refractivity contribution in [2.45, 2.75) is 0 Å². The van der Waals surface area contributed by atoms with Crippen molar-refractivity contribution in [3.8, 4) is 11.3 Å². The molecule has 0 unspecified atom stereocenters. The van der Waals surface area contributed by atoms with Crippen LogP contribution in [0.1, 0.15) is 10.4 Å². The van der Waals surface area contributed by atoms with E-state index in [1.807, 2.05) is 24.3 Å². The van der Waals surface area contributed by atoms with Crippen LogP contribution in [0.4, 0.5) is 10.2 Å². The molecule has 0 saturated carbocycles. The molecule has 26 heavy (non-hydrogen) atoms. The molecule has 0 saturated heterocycles. The molecule has 2 aromatic heterocycles. The van der Waals surface area contributed by atoms with Gasteiger partial charge in [0.2, 0.25) is 0 Å². The second-order valence-electron chi connectivity index (χ2n) is 5.91. The van der Waals surface area contributed by atoms with Crippen molar-refractivity contribution in [1.82, 2.24) is 14.8 Å². The van der Waals surface area contributed by atoms with E-state index in [0.29, 0.717) is 22.6 Å². The summed E-state index contributed by atoms with van der Waals surface area (Å²) in [5.41, 5.74) is 2.53. The van der Waals surface area contributed by atoms with Crippen LogP contribution in [-0.2, 0) is 7.05 Å². The molecule has 4 rings (SSSR count). The Hall–Kier alpha value is -3.54. The molecule has 4 aromatic rings. The summed E-state index contributed by atoms with van der Waals surface area (Å²) in [7, 11) is 1.78. The van der Waals surface area contributed by atoms with Gasteiger partial charge in [0.25, 0.3) is 5.91 Å². The lowest BCUT2D eigenvalue weighted by molar-refractivity contribution is 0.102. The molecule has 0 fully saturated rings. The molecule has 1 N–H and O–H groups in total. The maximum absolute atomic E-state index is 13.2. The van der Waals surface area contributed by atoms with Gasteiger partial charge in [0, 0.05) is 30.3 Å². The monoisotopic (exact) mass is 346 g/mol. The molecule has 5 nitrogen and oxygen atoms in total. The Labute approximate surface area is 149 Å². The van der Waals surface area contributed by atoms with Crippen molar-refractivity contribution in [2.24, 2.45) is 7.05 Å². The maximum Gasteiger partial charge on any atom is 0.257 e. The molecule has 0 bridgehead atoms. The number of hydrogen-bond acceptors (Lipinski definition) is 3. The van der Waals surface area contributed by atoms with Gasteiger partial charge in [-0.1, -0.05) is 18.2 Å². The number of nitrogens with zero attached hydrogens (tertiary/aromatic N) is 3. The fourth-order valence-corrected chi connectivity index (χ4v) is 2.80. The van der Waals surface area contributed by atoms with Gasteiger partial charge in [-0.3, -0.25) is 9.48 Å². The molecule has 0 aliphatic rings. The highest BCUT2D eigenvalue weighted by atomic mass is 19.1. The summed E-state index contributed by atoms with van der Waals surface area (Å²) in [6.45, 7) is 0. The van der Waals surface area contributed by atoms with Crippen molar-refractivity contribution in [1.29, 1.82) is 0 Å². The topological polar surface area (TPSA) is 59.8 Å². The van der Waals surface area contributed by atoms with Gasteiger partial charge in [0.05, 0.1) is 16.8 Å². The summed E-state index contributed by atoms with van der Waals surface area (Å²) in [6.07, 6.45) is 1.75. The van der Waals surface area contributed by atoms with Gasteiger partial charge in [-0.05, 0) is 36.4 Å². The van der Waals surface area contributed by atoms with E-state index in [4.69, 9.17) is 0 Å². The fourth-order valence-electron chi connectivity index (χ4n) is 2.80. The zero-order chi connectivity index (χ0) is 18.1. The summed E-state index contributed by atoms with van der Waals surface area (Å²) in [4.78, 5) is 17.4. The first-order chi connectivity index (χ1) is 12.6. The summed E-state index contributed by atoms with van der Waals surface area (Å²) in [5, 5.41) is 7.72. The molecule has 128 valence electrons. The van der Waals surface area contributed by atoms with E-state index < -0.39 is 0 Å². The van der Waals surface area contributed by atoms with Gasteiger partial charge in [-0.2, -0.15) is 5.10 Å². The second-order valence-corrected chi connectivity index (χ2v) is 5.91. The first kappa shape index (κ1) is 16.0. The number of benzene rings is 2. The quantitative estimate of drug-likeness (QED) is 0.609. The molecule has 0 spiro atoms. The van der Waals surface area contributed by atoms with E-state index in [2.05, 4.69) is 15.4 Å². The van der Waals surface area contributed by atoms with Gasteiger partial charge in [0.1, 0.15) is 5.82 Å². The number of anilines is 1. The molecule has 1 amide bonds. The molecule has 0 aliphatic heterocycles. The van der Waals surface area contributed by atoms with Gasteiger partial charge < -0.3 is 5.32 Å². The third-order valence-electron chi connectivity index (χ3n) is 4.06. The van der Waals surface area contributed by atoms with Crippen molar-refractivity contribution >= 4 is 22.6 Å². The number of para-hydroxylation sites is 1. The number of rotatable bonds is 3. The van der Waals surface area contributed by atoms with Crippen molar-refractivity contribution in [2.75, 3.05) is 5.32 Å². The number of hydrogen-bond donors (Lipinski definition) is 1. The molecule has 0 aliphatic carbocycles. The number of halogens is 1. The third-order valence-corrected chi connectivity index (χ3v) is 4.06. The predicted molar refractivity (Wildman–Crippen MR) is 98.3 cm³/mol. The lowest BCUT2D eigenvalue weighted by atomic mass is 10.0. The van der Waals surface area contributed by atoms with E-state index in [9.17, 15) is 9.18 Å². The summed E-state index contributed by atoms with van der Waals surface area (Å²) in [5.74, 6) is -0.116. The number of aromatic nitrogens is 3. The Morgan fingerprint density at radius 1 is 1.08 bits per heavy atom. The Bertz CT molecular complexity index is 1100. The molecule has 6 heteroatoms. The van der Waals surface area contributed by atoms with E-state index in [0.717, 1.165) is 10.9 Å². The van der Waals surface area contributed by atoms with Crippen molar-refractivity contribution in [3.05, 3.63) is 78.2 Å². The van der Waals surface area contributed by atoms with Crippen LogP contribution in [-0.4, -0.2) is 20.7 Å². The Morgan fingerprint density at radius 3 is 2.58 bits per heavy atom. The van der Waals surface area contributed by atoms with Gasteiger partial charge in [-0.15, -0.1) is 0 Å². The van der Waals surface area contributed by atoms with E-state index in [1.54, 1.807) is 42.2 Å². The van der Waals surface area contributed by atoms with Crippen LogP contribution in [0.3, 0.4) is 0 Å². The van der Waals surface area contributed by atoms with Crippen LogP contribution in [0.25, 0.3) is 22.2 Å². The smallest absolute Gasteiger partial charge is 0.257 e. The molecular formula is C20H15FN4O. The summed E-state index contributed by atoms with van der Waals surface area (Å²) < 4.78 is 14.8. The highest BCUT2D eigenvalue weighted by molar-refractivity contribution is 6.12. The van der Waals surface area contributed by atoms with Crippen molar-refractivity contribution in [3.63, 3.8) is 0 Å². The van der Waals surface area contributed by atoms with Gasteiger partial charge in [-0.25, -0.2) is 9.37 Å². The zero-order valence-electron chi connectivity index (χ0n) is 14.0. The Balaban J connectivity index is 1.81.